The van der Waals surface area contributed by atoms with Crippen molar-refractivity contribution in [1.29, 1.82) is 0 Å². The van der Waals surface area contributed by atoms with E-state index in [9.17, 15) is 4.79 Å². The van der Waals surface area contributed by atoms with Crippen LogP contribution in [-0.2, 0) is 11.2 Å². The van der Waals surface area contributed by atoms with Crippen LogP contribution in [0.15, 0.2) is 24.3 Å². The summed E-state index contributed by atoms with van der Waals surface area (Å²) in [7, 11) is 1.66. The number of hydrogen-bond donors (Lipinski definition) is 1. The van der Waals surface area contributed by atoms with Gasteiger partial charge in [-0.15, -0.1) is 11.3 Å². The summed E-state index contributed by atoms with van der Waals surface area (Å²) in [6, 6.07) is 8.21. The maximum atomic E-state index is 12.3. The summed E-state index contributed by atoms with van der Waals surface area (Å²) in [6.45, 7) is 1.97. The quantitative estimate of drug-likeness (QED) is 0.888. The normalized spacial score (nSPS) is 15.2. The molecular formula is C19H24N2O2S. The lowest BCUT2D eigenvalue weighted by Gasteiger charge is -2.22. The molecule has 1 amide bonds. The molecular weight excluding hydrogens is 320 g/mol. The van der Waals surface area contributed by atoms with Crippen LogP contribution in [0.4, 0.5) is 0 Å². The predicted octanol–water partition coefficient (Wildman–Crippen LogP) is 4.12. The second-order valence-electron chi connectivity index (χ2n) is 6.31. The van der Waals surface area contributed by atoms with Gasteiger partial charge in [-0.2, -0.15) is 0 Å². The van der Waals surface area contributed by atoms with Gasteiger partial charge in [-0.05, 0) is 31.9 Å². The van der Waals surface area contributed by atoms with Gasteiger partial charge in [-0.3, -0.25) is 4.79 Å². The molecule has 2 aromatic rings. The number of methoxy groups -OCH3 is 1. The van der Waals surface area contributed by atoms with E-state index in [2.05, 4.69) is 10.3 Å². The van der Waals surface area contributed by atoms with E-state index < -0.39 is 0 Å². The number of thiazole rings is 1. The smallest absolute Gasteiger partial charge is 0.225 e. The van der Waals surface area contributed by atoms with E-state index in [-0.39, 0.29) is 5.91 Å². The Balaban J connectivity index is 1.71. The number of amides is 1. The van der Waals surface area contributed by atoms with Crippen LogP contribution in [0.25, 0.3) is 10.6 Å². The summed E-state index contributed by atoms with van der Waals surface area (Å²) < 4.78 is 5.42. The molecule has 0 atom stereocenters. The lowest BCUT2D eigenvalue weighted by atomic mass is 9.95. The topological polar surface area (TPSA) is 51.2 Å². The van der Waals surface area contributed by atoms with Crippen LogP contribution < -0.4 is 10.1 Å². The number of nitrogens with one attached hydrogen (secondary N) is 1. The molecule has 1 fully saturated rings. The Hall–Kier alpha value is -1.88. The molecule has 24 heavy (non-hydrogen) atoms. The van der Waals surface area contributed by atoms with Gasteiger partial charge in [0.1, 0.15) is 10.8 Å². The number of aromatic nitrogens is 1. The van der Waals surface area contributed by atoms with E-state index in [4.69, 9.17) is 4.74 Å². The third kappa shape index (κ3) is 3.96. The number of rotatable bonds is 5. The predicted molar refractivity (Wildman–Crippen MR) is 97.6 cm³/mol. The van der Waals surface area contributed by atoms with Gasteiger partial charge in [0.2, 0.25) is 5.91 Å². The lowest BCUT2D eigenvalue weighted by Crippen LogP contribution is -2.37. The molecule has 5 heteroatoms. The number of aryl methyl sites for hydroxylation is 1. The molecule has 0 spiro atoms. The minimum Gasteiger partial charge on any atom is -0.496 e. The van der Waals surface area contributed by atoms with Gasteiger partial charge in [-0.25, -0.2) is 4.98 Å². The second-order valence-corrected chi connectivity index (χ2v) is 7.39. The molecule has 1 saturated carbocycles. The number of para-hydroxylation sites is 1. The van der Waals surface area contributed by atoms with E-state index in [0.29, 0.717) is 12.5 Å². The molecule has 3 rings (SSSR count). The third-order valence-corrected chi connectivity index (χ3v) is 5.71. The van der Waals surface area contributed by atoms with E-state index in [0.717, 1.165) is 39.7 Å². The van der Waals surface area contributed by atoms with Gasteiger partial charge < -0.3 is 10.1 Å². The Morgan fingerprint density at radius 2 is 2.04 bits per heavy atom. The van der Waals surface area contributed by atoms with E-state index in [1.165, 1.54) is 19.3 Å². The second kappa shape index (κ2) is 7.79. The Labute approximate surface area is 147 Å². The number of hydrogen-bond acceptors (Lipinski definition) is 4. The lowest BCUT2D eigenvalue weighted by molar-refractivity contribution is -0.121. The fraction of sp³-hybridized carbons (Fsp3) is 0.474. The summed E-state index contributed by atoms with van der Waals surface area (Å²) in [5.74, 6) is 0.921. The zero-order valence-electron chi connectivity index (χ0n) is 14.3. The van der Waals surface area contributed by atoms with Crippen molar-refractivity contribution in [3.8, 4) is 16.3 Å². The van der Waals surface area contributed by atoms with Crippen molar-refractivity contribution in [3.63, 3.8) is 0 Å². The van der Waals surface area contributed by atoms with Crippen molar-refractivity contribution < 1.29 is 9.53 Å². The van der Waals surface area contributed by atoms with Crippen molar-refractivity contribution in [3.05, 3.63) is 34.8 Å². The summed E-state index contributed by atoms with van der Waals surface area (Å²) in [4.78, 5) is 18.0. The van der Waals surface area contributed by atoms with Gasteiger partial charge in [0.05, 0.1) is 24.8 Å². The summed E-state index contributed by atoms with van der Waals surface area (Å²) in [5.41, 5.74) is 1.91. The van der Waals surface area contributed by atoms with Crippen molar-refractivity contribution in [2.75, 3.05) is 7.11 Å². The van der Waals surface area contributed by atoms with Gasteiger partial charge in [0, 0.05) is 10.9 Å². The van der Waals surface area contributed by atoms with Gasteiger partial charge in [0.25, 0.3) is 0 Å². The van der Waals surface area contributed by atoms with Crippen LogP contribution in [0.5, 0.6) is 5.75 Å². The highest BCUT2D eigenvalue weighted by atomic mass is 32.1. The maximum Gasteiger partial charge on any atom is 0.225 e. The minimum atomic E-state index is 0.111. The standard InChI is InChI=1S/C19H24N2O2S/c1-13-17(12-18(22)21-14-8-4-3-5-9-14)24-19(20-13)15-10-6-7-11-16(15)23-2/h6-7,10-11,14H,3-5,8-9,12H2,1-2H3,(H,21,22). The van der Waals surface area contributed by atoms with E-state index in [1.807, 2.05) is 31.2 Å². The summed E-state index contributed by atoms with van der Waals surface area (Å²) >= 11 is 1.58. The van der Waals surface area contributed by atoms with Crippen molar-refractivity contribution >= 4 is 17.2 Å². The molecule has 1 aromatic heterocycles. The van der Waals surface area contributed by atoms with Crippen LogP contribution in [0.3, 0.4) is 0 Å². The molecule has 1 aliphatic carbocycles. The maximum absolute atomic E-state index is 12.3. The van der Waals surface area contributed by atoms with E-state index in [1.54, 1.807) is 18.4 Å². The Kier molecular flexibility index (Phi) is 5.51. The minimum absolute atomic E-state index is 0.111. The van der Waals surface area contributed by atoms with Gasteiger partial charge in [0.15, 0.2) is 0 Å². The first-order chi connectivity index (χ1) is 11.7. The molecule has 128 valence electrons. The average molecular weight is 344 g/mol. The SMILES string of the molecule is COc1ccccc1-c1nc(C)c(CC(=O)NC2CCCCC2)s1. The van der Waals surface area contributed by atoms with Crippen molar-refractivity contribution in [2.45, 2.75) is 51.5 Å². The number of ether oxygens (including phenoxy) is 1. The highest BCUT2D eigenvalue weighted by Gasteiger charge is 2.19. The van der Waals surface area contributed by atoms with Crippen molar-refractivity contribution in [2.24, 2.45) is 0 Å². The Morgan fingerprint density at radius 3 is 2.79 bits per heavy atom. The average Bonchev–Trinajstić information content (AvgIpc) is 2.96. The fourth-order valence-corrected chi connectivity index (χ4v) is 4.29. The number of benzene rings is 1. The van der Waals surface area contributed by atoms with E-state index >= 15 is 0 Å². The monoisotopic (exact) mass is 344 g/mol. The molecule has 0 aliphatic heterocycles. The molecule has 1 aromatic carbocycles. The third-order valence-electron chi connectivity index (χ3n) is 4.52. The zero-order chi connectivity index (χ0) is 16.9. The molecule has 1 N–H and O–H groups in total. The molecule has 0 unspecified atom stereocenters. The van der Waals surface area contributed by atoms with Gasteiger partial charge in [-0.1, -0.05) is 31.4 Å². The van der Waals surface area contributed by atoms with Crippen LogP contribution in [0.2, 0.25) is 0 Å². The molecule has 1 heterocycles. The van der Waals surface area contributed by atoms with Crippen LogP contribution in [0.1, 0.15) is 42.7 Å². The molecule has 1 aliphatic rings. The highest BCUT2D eigenvalue weighted by molar-refractivity contribution is 7.15. The Morgan fingerprint density at radius 1 is 1.29 bits per heavy atom. The highest BCUT2D eigenvalue weighted by Crippen LogP contribution is 2.34. The largest absolute Gasteiger partial charge is 0.496 e. The summed E-state index contributed by atoms with van der Waals surface area (Å²) in [5, 5.41) is 4.09. The first kappa shape index (κ1) is 17.0. The molecule has 4 nitrogen and oxygen atoms in total. The van der Waals surface area contributed by atoms with Crippen LogP contribution >= 0.6 is 11.3 Å². The molecule has 0 bridgehead atoms. The zero-order valence-corrected chi connectivity index (χ0v) is 15.1. The molecule has 0 saturated heterocycles. The number of carbonyl (C=O) groups excluding carboxylic acids is 1. The van der Waals surface area contributed by atoms with Crippen LogP contribution in [0, 0.1) is 6.92 Å². The van der Waals surface area contributed by atoms with Crippen molar-refractivity contribution in [1.82, 2.24) is 10.3 Å². The first-order valence-corrected chi connectivity index (χ1v) is 9.38. The summed E-state index contributed by atoms with van der Waals surface area (Å²) in [6.07, 6.45) is 6.38. The van der Waals surface area contributed by atoms with Gasteiger partial charge >= 0.3 is 0 Å². The fourth-order valence-electron chi connectivity index (χ4n) is 3.20. The Bertz CT molecular complexity index is 705. The molecule has 0 radical (unpaired) electrons. The number of nitrogens with zero attached hydrogens (tertiary/aromatic N) is 1. The van der Waals surface area contributed by atoms with Crippen LogP contribution in [-0.4, -0.2) is 24.0 Å². The number of carbonyl (C=O) groups is 1. The first-order valence-electron chi connectivity index (χ1n) is 8.56.